The summed E-state index contributed by atoms with van der Waals surface area (Å²) in [4.78, 5) is 17.2. The van der Waals surface area contributed by atoms with Crippen LogP contribution < -0.4 is 14.4 Å². The maximum absolute atomic E-state index is 13.2. The molecule has 0 bridgehead atoms. The van der Waals surface area contributed by atoms with Crippen molar-refractivity contribution in [2.75, 3.05) is 38.2 Å². The lowest BCUT2D eigenvalue weighted by molar-refractivity contribution is -0.126. The molecular formula is C32H28IN3O3. The lowest BCUT2D eigenvalue weighted by Gasteiger charge is -2.36. The maximum Gasteiger partial charge on any atom is 0.264 e. The number of anilines is 1. The van der Waals surface area contributed by atoms with Crippen molar-refractivity contribution in [2.45, 2.75) is 6.61 Å². The number of piperazine rings is 1. The van der Waals surface area contributed by atoms with Crippen LogP contribution >= 0.6 is 22.6 Å². The Kier molecular flexibility index (Phi) is 8.33. The van der Waals surface area contributed by atoms with E-state index in [1.54, 1.807) is 24.2 Å². The Balaban J connectivity index is 1.28. The fraction of sp³-hybridized carbons (Fsp3) is 0.188. The molecule has 1 amide bonds. The van der Waals surface area contributed by atoms with Crippen molar-refractivity contribution in [3.63, 3.8) is 0 Å². The predicted molar refractivity (Wildman–Crippen MR) is 163 cm³/mol. The number of rotatable bonds is 7. The van der Waals surface area contributed by atoms with Crippen molar-refractivity contribution in [1.29, 1.82) is 5.26 Å². The Morgan fingerprint density at radius 1 is 0.949 bits per heavy atom. The summed E-state index contributed by atoms with van der Waals surface area (Å²) in [7, 11) is 1.59. The van der Waals surface area contributed by atoms with Gasteiger partial charge in [0.25, 0.3) is 5.91 Å². The standard InChI is InChI=1S/C32H28IN3O3/c1-38-30-20-24(19-29(33)31(30)39-22-23-11-12-25-7-5-6-8-26(25)17-23)18-27(21-34)32(37)36-15-13-35(14-16-36)28-9-3-2-4-10-28/h2-12,17-20H,13-16,22H2,1H3/b27-18-. The second-order valence-electron chi connectivity index (χ2n) is 9.29. The van der Waals surface area contributed by atoms with Crippen molar-refractivity contribution in [3.05, 3.63) is 105 Å². The second kappa shape index (κ2) is 12.2. The third kappa shape index (κ3) is 6.18. The van der Waals surface area contributed by atoms with Gasteiger partial charge in [-0.1, -0.05) is 54.6 Å². The summed E-state index contributed by atoms with van der Waals surface area (Å²) in [5, 5.41) is 12.2. The van der Waals surface area contributed by atoms with Crippen LogP contribution in [-0.2, 0) is 11.4 Å². The first-order valence-corrected chi connectivity index (χ1v) is 13.8. The molecule has 1 aliphatic heterocycles. The Morgan fingerprint density at radius 3 is 2.38 bits per heavy atom. The van der Waals surface area contributed by atoms with E-state index in [2.05, 4.69) is 76.0 Å². The van der Waals surface area contributed by atoms with Gasteiger partial charge in [-0.3, -0.25) is 4.79 Å². The van der Waals surface area contributed by atoms with Crippen LogP contribution in [0.4, 0.5) is 5.69 Å². The average Bonchev–Trinajstić information content (AvgIpc) is 2.99. The Labute approximate surface area is 242 Å². The first-order chi connectivity index (χ1) is 19.1. The summed E-state index contributed by atoms with van der Waals surface area (Å²) in [5.41, 5.74) is 3.01. The molecule has 0 radical (unpaired) electrons. The number of nitriles is 1. The van der Waals surface area contributed by atoms with E-state index in [1.165, 1.54) is 5.39 Å². The van der Waals surface area contributed by atoms with Gasteiger partial charge in [0.15, 0.2) is 11.5 Å². The first-order valence-electron chi connectivity index (χ1n) is 12.7. The molecule has 1 aliphatic rings. The first kappa shape index (κ1) is 26.6. The van der Waals surface area contributed by atoms with Gasteiger partial charge in [-0.05, 0) is 80.9 Å². The molecule has 0 spiro atoms. The minimum Gasteiger partial charge on any atom is -0.493 e. The third-order valence-corrected chi connectivity index (χ3v) is 7.60. The zero-order valence-corrected chi connectivity index (χ0v) is 23.8. The summed E-state index contributed by atoms with van der Waals surface area (Å²) in [5.74, 6) is 0.927. The third-order valence-electron chi connectivity index (χ3n) is 6.80. The normalized spacial score (nSPS) is 13.7. The molecule has 0 N–H and O–H groups in total. The highest BCUT2D eigenvalue weighted by atomic mass is 127. The number of amides is 1. The number of fused-ring (bicyclic) bond motifs is 1. The van der Waals surface area contributed by atoms with E-state index in [4.69, 9.17) is 9.47 Å². The summed E-state index contributed by atoms with van der Waals surface area (Å²) in [6, 6.07) is 30.5. The number of carbonyl (C=O) groups excluding carboxylic acids is 1. The van der Waals surface area contributed by atoms with Gasteiger partial charge in [0.1, 0.15) is 18.2 Å². The molecule has 1 heterocycles. The molecular weight excluding hydrogens is 601 g/mol. The van der Waals surface area contributed by atoms with E-state index in [1.807, 2.05) is 36.4 Å². The van der Waals surface area contributed by atoms with E-state index >= 15 is 0 Å². The van der Waals surface area contributed by atoms with E-state index in [9.17, 15) is 10.1 Å². The molecule has 0 aliphatic carbocycles. The van der Waals surface area contributed by atoms with Gasteiger partial charge in [0.2, 0.25) is 0 Å². The van der Waals surface area contributed by atoms with Gasteiger partial charge in [-0.15, -0.1) is 0 Å². The number of carbonyl (C=O) groups is 1. The fourth-order valence-electron chi connectivity index (χ4n) is 4.73. The van der Waals surface area contributed by atoms with E-state index in [0.717, 1.165) is 33.3 Å². The molecule has 196 valence electrons. The highest BCUT2D eigenvalue weighted by molar-refractivity contribution is 14.1. The monoisotopic (exact) mass is 629 g/mol. The maximum atomic E-state index is 13.2. The molecule has 39 heavy (non-hydrogen) atoms. The number of methoxy groups -OCH3 is 1. The fourth-order valence-corrected chi connectivity index (χ4v) is 5.51. The predicted octanol–water partition coefficient (Wildman–Crippen LogP) is 6.29. The summed E-state index contributed by atoms with van der Waals surface area (Å²) < 4.78 is 12.6. The molecule has 0 unspecified atom stereocenters. The molecule has 0 aromatic heterocycles. The van der Waals surface area contributed by atoms with Crippen molar-refractivity contribution in [2.24, 2.45) is 0 Å². The van der Waals surface area contributed by atoms with Gasteiger partial charge >= 0.3 is 0 Å². The van der Waals surface area contributed by atoms with Crippen LogP contribution in [0.25, 0.3) is 16.8 Å². The topological polar surface area (TPSA) is 65.8 Å². The van der Waals surface area contributed by atoms with E-state index in [-0.39, 0.29) is 11.5 Å². The van der Waals surface area contributed by atoms with Crippen molar-refractivity contribution >= 4 is 51.0 Å². The minimum absolute atomic E-state index is 0.103. The molecule has 7 heteroatoms. The largest absolute Gasteiger partial charge is 0.493 e. The molecule has 1 saturated heterocycles. The second-order valence-corrected chi connectivity index (χ2v) is 10.5. The molecule has 4 aromatic rings. The van der Waals surface area contributed by atoms with E-state index in [0.29, 0.717) is 36.8 Å². The van der Waals surface area contributed by atoms with Crippen molar-refractivity contribution < 1.29 is 14.3 Å². The van der Waals surface area contributed by atoms with E-state index < -0.39 is 0 Å². The van der Waals surface area contributed by atoms with Gasteiger partial charge in [0, 0.05) is 31.9 Å². The van der Waals surface area contributed by atoms with Crippen LogP contribution in [0.2, 0.25) is 0 Å². The quantitative estimate of drug-likeness (QED) is 0.137. The van der Waals surface area contributed by atoms with Crippen LogP contribution in [0.15, 0.2) is 90.5 Å². The molecule has 0 saturated carbocycles. The summed E-state index contributed by atoms with van der Waals surface area (Å²) >= 11 is 2.20. The number of para-hydroxylation sites is 1. The van der Waals surface area contributed by atoms with Crippen molar-refractivity contribution in [3.8, 4) is 17.6 Å². The zero-order valence-electron chi connectivity index (χ0n) is 21.6. The number of nitrogens with zero attached hydrogens (tertiary/aromatic N) is 3. The Bertz CT molecular complexity index is 1550. The highest BCUT2D eigenvalue weighted by Gasteiger charge is 2.24. The molecule has 0 atom stereocenters. The SMILES string of the molecule is COc1cc(/C=C(/C#N)C(=O)N2CCN(c3ccccc3)CC2)cc(I)c1OCc1ccc2ccccc2c1. The van der Waals surface area contributed by atoms with Gasteiger partial charge in [-0.25, -0.2) is 0 Å². The van der Waals surface area contributed by atoms with Crippen LogP contribution in [0, 0.1) is 14.9 Å². The van der Waals surface area contributed by atoms with Gasteiger partial charge in [0.05, 0.1) is 10.7 Å². The molecule has 5 rings (SSSR count). The Hall–Kier alpha value is -4.03. The van der Waals surface area contributed by atoms with Gasteiger partial charge < -0.3 is 19.3 Å². The molecule has 1 fully saturated rings. The number of halogens is 1. The molecule has 6 nitrogen and oxygen atoms in total. The zero-order chi connectivity index (χ0) is 27.2. The van der Waals surface area contributed by atoms with Crippen LogP contribution in [0.3, 0.4) is 0 Å². The number of ether oxygens (including phenoxy) is 2. The summed E-state index contributed by atoms with van der Waals surface area (Å²) in [6.45, 7) is 2.97. The summed E-state index contributed by atoms with van der Waals surface area (Å²) in [6.07, 6.45) is 1.63. The smallest absolute Gasteiger partial charge is 0.264 e. The minimum atomic E-state index is -0.254. The van der Waals surface area contributed by atoms with Crippen LogP contribution in [-0.4, -0.2) is 44.1 Å². The lowest BCUT2D eigenvalue weighted by Crippen LogP contribution is -2.49. The number of hydrogen-bond acceptors (Lipinski definition) is 5. The molecule has 4 aromatic carbocycles. The lowest BCUT2D eigenvalue weighted by atomic mass is 10.1. The van der Waals surface area contributed by atoms with Crippen LogP contribution in [0.5, 0.6) is 11.5 Å². The van der Waals surface area contributed by atoms with Gasteiger partial charge in [-0.2, -0.15) is 5.26 Å². The average molecular weight is 629 g/mol. The Morgan fingerprint density at radius 2 is 1.67 bits per heavy atom. The number of benzene rings is 4. The highest BCUT2D eigenvalue weighted by Crippen LogP contribution is 2.35. The number of hydrogen-bond donors (Lipinski definition) is 0. The van der Waals surface area contributed by atoms with Crippen molar-refractivity contribution in [1.82, 2.24) is 4.90 Å². The van der Waals surface area contributed by atoms with Crippen LogP contribution in [0.1, 0.15) is 11.1 Å².